The summed E-state index contributed by atoms with van der Waals surface area (Å²) >= 11 is 0. The molecule has 0 aliphatic carbocycles. The number of rotatable bonds is 5. The third-order valence-corrected chi connectivity index (χ3v) is 8.29. The minimum absolute atomic E-state index is 0.0457. The summed E-state index contributed by atoms with van der Waals surface area (Å²) < 4.78 is 11.3. The Hall–Kier alpha value is -4.84. The Bertz CT molecular complexity index is 1870. The minimum atomic E-state index is -0.407. The molecule has 1 fully saturated rings. The van der Waals surface area contributed by atoms with E-state index in [0.29, 0.717) is 18.5 Å². The molecular formula is C32H35N9O3. The zero-order chi connectivity index (χ0) is 30.6. The van der Waals surface area contributed by atoms with Gasteiger partial charge in [0, 0.05) is 42.1 Å². The van der Waals surface area contributed by atoms with Gasteiger partial charge in [-0.15, -0.1) is 0 Å². The fourth-order valence-electron chi connectivity index (χ4n) is 5.89. The number of aromatic amines is 1. The van der Waals surface area contributed by atoms with Crippen molar-refractivity contribution in [1.29, 1.82) is 0 Å². The molecule has 0 radical (unpaired) electrons. The number of aryl methyl sites for hydroxylation is 1. The number of piperazine rings is 1. The Kier molecular flexibility index (Phi) is 6.80. The van der Waals surface area contributed by atoms with Crippen LogP contribution in [0, 0.1) is 6.92 Å². The van der Waals surface area contributed by atoms with Gasteiger partial charge in [-0.1, -0.05) is 38.1 Å². The van der Waals surface area contributed by atoms with Crippen LogP contribution >= 0.6 is 0 Å². The summed E-state index contributed by atoms with van der Waals surface area (Å²) in [6.07, 6.45) is 3.47. The predicted molar refractivity (Wildman–Crippen MR) is 166 cm³/mol. The summed E-state index contributed by atoms with van der Waals surface area (Å²) in [5.41, 5.74) is 6.82. The fourth-order valence-corrected chi connectivity index (χ4v) is 5.89. The zero-order valence-electron chi connectivity index (χ0n) is 25.4. The number of nitrogens with zero attached hydrogens (tertiary/aromatic N) is 6. The van der Waals surface area contributed by atoms with Crippen molar-refractivity contribution in [2.24, 2.45) is 0 Å². The van der Waals surface area contributed by atoms with E-state index >= 15 is 0 Å². The Morgan fingerprint density at radius 3 is 2.82 bits per heavy atom. The van der Waals surface area contributed by atoms with E-state index < -0.39 is 5.91 Å². The first-order valence-corrected chi connectivity index (χ1v) is 14.9. The second-order valence-corrected chi connectivity index (χ2v) is 12.5. The number of aromatic nitrogens is 6. The lowest BCUT2D eigenvalue weighted by atomic mass is 9.96. The van der Waals surface area contributed by atoms with Crippen LogP contribution in [0.25, 0.3) is 33.7 Å². The molecule has 5 aromatic rings. The Balaban J connectivity index is 1.13. The van der Waals surface area contributed by atoms with Crippen LogP contribution in [0.15, 0.2) is 47.4 Å². The summed E-state index contributed by atoms with van der Waals surface area (Å²) in [7, 11) is 0. The van der Waals surface area contributed by atoms with E-state index in [9.17, 15) is 4.79 Å². The molecule has 1 saturated heterocycles. The minimum Gasteiger partial charge on any atom is -0.489 e. The second kappa shape index (κ2) is 10.7. The number of H-pyrrole nitrogens is 1. The highest BCUT2D eigenvalue weighted by atomic mass is 16.5. The number of ether oxygens (including phenoxy) is 1. The van der Waals surface area contributed by atoms with Crippen molar-refractivity contribution >= 4 is 22.6 Å². The summed E-state index contributed by atoms with van der Waals surface area (Å²) in [5, 5.41) is 11.3. The van der Waals surface area contributed by atoms with Crippen molar-refractivity contribution in [3.05, 3.63) is 65.7 Å². The first kappa shape index (κ1) is 28.0. The van der Waals surface area contributed by atoms with Gasteiger partial charge in [-0.2, -0.15) is 4.98 Å². The molecule has 2 aliphatic heterocycles. The molecule has 0 bridgehead atoms. The molecule has 2 aliphatic rings. The van der Waals surface area contributed by atoms with Gasteiger partial charge in [-0.3, -0.25) is 9.78 Å². The number of amides is 1. The Morgan fingerprint density at radius 2 is 2.02 bits per heavy atom. The number of carbonyl (C=O) groups is 1. The van der Waals surface area contributed by atoms with Crippen LogP contribution in [0.1, 0.15) is 61.4 Å². The summed E-state index contributed by atoms with van der Waals surface area (Å²) in [4.78, 5) is 36.8. The average molecular weight is 594 g/mol. The SMILES string of the molecule is Cc1cc(-c2ncnc3[nH]c(-c4cc5c(cn4)N4CCNCC4CO5)cc23)ccc1[C@@H](C)NC(=O)c1nc(C(C)(C)C)no1. The van der Waals surface area contributed by atoms with Crippen molar-refractivity contribution in [2.75, 3.05) is 31.1 Å². The molecule has 4 aromatic heterocycles. The molecule has 0 spiro atoms. The van der Waals surface area contributed by atoms with Crippen LogP contribution in [0.2, 0.25) is 0 Å². The van der Waals surface area contributed by atoms with Crippen LogP contribution in [0.4, 0.5) is 5.69 Å². The van der Waals surface area contributed by atoms with E-state index in [1.54, 1.807) is 6.33 Å². The molecule has 1 unspecified atom stereocenters. The number of anilines is 1. The summed E-state index contributed by atoms with van der Waals surface area (Å²) in [6.45, 7) is 13.3. The number of nitrogens with one attached hydrogen (secondary N) is 3. The number of hydrogen-bond acceptors (Lipinski definition) is 10. The molecule has 226 valence electrons. The molecule has 44 heavy (non-hydrogen) atoms. The molecule has 0 saturated carbocycles. The van der Waals surface area contributed by atoms with Gasteiger partial charge in [0.1, 0.15) is 24.3 Å². The van der Waals surface area contributed by atoms with E-state index in [1.165, 1.54) is 0 Å². The van der Waals surface area contributed by atoms with Gasteiger partial charge in [0.15, 0.2) is 5.82 Å². The summed E-state index contributed by atoms with van der Waals surface area (Å²) in [6, 6.07) is 10.2. The molecule has 7 rings (SSSR count). The van der Waals surface area contributed by atoms with Crippen LogP contribution in [-0.4, -0.2) is 68.3 Å². The summed E-state index contributed by atoms with van der Waals surface area (Å²) in [5.74, 6) is 0.884. The lowest BCUT2D eigenvalue weighted by molar-refractivity contribution is 0.0895. The largest absolute Gasteiger partial charge is 0.489 e. The third kappa shape index (κ3) is 5.04. The van der Waals surface area contributed by atoms with Crippen molar-refractivity contribution in [2.45, 2.75) is 52.1 Å². The molecule has 6 heterocycles. The van der Waals surface area contributed by atoms with E-state index in [4.69, 9.17) is 14.2 Å². The quantitative estimate of drug-likeness (QED) is 0.269. The Morgan fingerprint density at radius 1 is 1.16 bits per heavy atom. The van der Waals surface area contributed by atoms with Crippen LogP contribution < -0.4 is 20.3 Å². The van der Waals surface area contributed by atoms with Gasteiger partial charge in [0.25, 0.3) is 0 Å². The highest BCUT2D eigenvalue weighted by Gasteiger charge is 2.30. The highest BCUT2D eigenvalue weighted by Crippen LogP contribution is 2.37. The maximum absolute atomic E-state index is 12.8. The van der Waals surface area contributed by atoms with Gasteiger partial charge in [-0.05, 0) is 37.1 Å². The molecule has 3 N–H and O–H groups in total. The molecule has 12 nitrogen and oxygen atoms in total. The van der Waals surface area contributed by atoms with Gasteiger partial charge in [0.05, 0.1) is 41.0 Å². The molecule has 1 aromatic carbocycles. The first-order valence-electron chi connectivity index (χ1n) is 14.9. The number of benzene rings is 1. The smallest absolute Gasteiger partial charge is 0.315 e. The van der Waals surface area contributed by atoms with Crippen molar-refractivity contribution in [1.82, 2.24) is 40.7 Å². The monoisotopic (exact) mass is 593 g/mol. The molecular weight excluding hydrogens is 558 g/mol. The first-order chi connectivity index (χ1) is 21.2. The van der Waals surface area contributed by atoms with Crippen molar-refractivity contribution in [3.8, 4) is 28.4 Å². The number of hydrogen-bond donors (Lipinski definition) is 3. The average Bonchev–Trinajstić information content (AvgIpc) is 3.69. The fraction of sp³-hybridized carbons (Fsp3) is 0.375. The van der Waals surface area contributed by atoms with Crippen LogP contribution in [0.3, 0.4) is 0 Å². The van der Waals surface area contributed by atoms with Crippen LogP contribution in [-0.2, 0) is 5.41 Å². The normalized spacial score (nSPS) is 17.1. The van der Waals surface area contributed by atoms with Crippen LogP contribution in [0.5, 0.6) is 5.75 Å². The van der Waals surface area contributed by atoms with Crippen molar-refractivity contribution < 1.29 is 14.1 Å². The lowest BCUT2D eigenvalue weighted by Crippen LogP contribution is -2.55. The molecule has 1 amide bonds. The van der Waals surface area contributed by atoms with E-state index in [-0.39, 0.29) is 17.3 Å². The number of carbonyl (C=O) groups excluding carboxylic acids is 1. The van der Waals surface area contributed by atoms with Gasteiger partial charge in [0.2, 0.25) is 0 Å². The number of pyridine rings is 1. The Labute approximate surface area is 254 Å². The topological polar surface area (TPSA) is 147 Å². The zero-order valence-corrected chi connectivity index (χ0v) is 25.4. The van der Waals surface area contributed by atoms with E-state index in [1.807, 2.05) is 65.1 Å². The standard InChI is InChI=1S/C32H35N9O3/c1-17-10-19(6-7-21(17)18(2)37-29(42)30-39-31(40-44-30)32(3,4)5)27-22-11-24(38-28(22)36-16-35-27)23-12-26-25(14-34-23)41-9-8-33-13-20(41)15-43-26/h6-7,10-12,14,16,18,20,33H,8-9,13,15H2,1-5H3,(H,37,42)(H,35,36,38)/t18-,20?/m1/s1. The predicted octanol–water partition coefficient (Wildman–Crippen LogP) is 4.34. The molecule has 2 atom stereocenters. The maximum Gasteiger partial charge on any atom is 0.315 e. The van der Waals surface area contributed by atoms with Gasteiger partial charge >= 0.3 is 11.8 Å². The maximum atomic E-state index is 12.8. The number of fused-ring (bicyclic) bond motifs is 4. The van der Waals surface area contributed by atoms with Crippen molar-refractivity contribution in [3.63, 3.8) is 0 Å². The third-order valence-electron chi connectivity index (χ3n) is 8.29. The van der Waals surface area contributed by atoms with Gasteiger partial charge < -0.3 is 29.8 Å². The van der Waals surface area contributed by atoms with Gasteiger partial charge in [-0.25, -0.2) is 9.97 Å². The van der Waals surface area contributed by atoms with E-state index in [2.05, 4.69) is 46.7 Å². The lowest BCUT2D eigenvalue weighted by Gasteiger charge is -2.41. The van der Waals surface area contributed by atoms with E-state index in [0.717, 1.165) is 75.9 Å². The second-order valence-electron chi connectivity index (χ2n) is 12.5. The highest BCUT2D eigenvalue weighted by molar-refractivity contribution is 5.94. The molecule has 12 heteroatoms.